The average molecular weight is 419 g/mol. The Bertz CT molecular complexity index is 1310. The van der Waals surface area contributed by atoms with E-state index < -0.39 is 0 Å². The summed E-state index contributed by atoms with van der Waals surface area (Å²) >= 11 is 8.40. The van der Waals surface area contributed by atoms with E-state index >= 15 is 0 Å². The van der Waals surface area contributed by atoms with E-state index in [0.717, 1.165) is 40.5 Å². The van der Waals surface area contributed by atoms with E-state index in [1.54, 1.807) is 11.3 Å². The van der Waals surface area contributed by atoms with Crippen molar-refractivity contribution in [2.75, 3.05) is 6.54 Å². The molecule has 0 spiro atoms. The molecule has 2 N–H and O–H groups in total. The summed E-state index contributed by atoms with van der Waals surface area (Å²) in [6.45, 7) is 0.678. The topological polar surface area (TPSA) is 56.7 Å². The van der Waals surface area contributed by atoms with E-state index in [4.69, 9.17) is 17.3 Å². The molecule has 0 radical (unpaired) electrons. The molecule has 0 aliphatic carbocycles. The van der Waals surface area contributed by atoms with Crippen molar-refractivity contribution >= 4 is 44.9 Å². The molecule has 0 aliphatic rings. The molecule has 144 valence electrons. The van der Waals surface area contributed by atoms with Gasteiger partial charge in [0, 0.05) is 10.3 Å². The van der Waals surface area contributed by atoms with Gasteiger partial charge < -0.3 is 5.73 Å². The number of hydrogen-bond donors (Lipinski definition) is 1. The quantitative estimate of drug-likeness (QED) is 0.389. The van der Waals surface area contributed by atoms with Crippen LogP contribution in [-0.4, -0.2) is 21.1 Å². The van der Waals surface area contributed by atoms with Gasteiger partial charge in [-0.05, 0) is 66.2 Å². The van der Waals surface area contributed by atoms with Crippen molar-refractivity contribution in [3.63, 3.8) is 0 Å². The molecule has 6 heteroatoms. The van der Waals surface area contributed by atoms with E-state index in [-0.39, 0.29) is 0 Å². The third-order valence-electron chi connectivity index (χ3n) is 5.12. The van der Waals surface area contributed by atoms with E-state index in [9.17, 15) is 0 Å². The highest BCUT2D eigenvalue weighted by atomic mass is 35.5. The number of rotatable bonds is 5. The molecule has 2 aromatic carbocycles. The van der Waals surface area contributed by atoms with Crippen LogP contribution in [0.15, 0.2) is 66.4 Å². The van der Waals surface area contributed by atoms with Gasteiger partial charge in [-0.1, -0.05) is 29.8 Å². The van der Waals surface area contributed by atoms with Gasteiger partial charge in [0.15, 0.2) is 0 Å². The third kappa shape index (κ3) is 3.31. The lowest BCUT2D eigenvalue weighted by Crippen LogP contribution is -2.01. The zero-order valence-corrected chi connectivity index (χ0v) is 17.2. The van der Waals surface area contributed by atoms with Crippen LogP contribution in [0, 0.1) is 0 Å². The van der Waals surface area contributed by atoms with Crippen LogP contribution in [0.25, 0.3) is 38.1 Å². The molecule has 3 aromatic heterocycles. The number of benzene rings is 2. The van der Waals surface area contributed by atoms with Gasteiger partial charge in [0.1, 0.15) is 11.8 Å². The van der Waals surface area contributed by atoms with Gasteiger partial charge in [-0.15, -0.1) is 11.3 Å². The van der Waals surface area contributed by atoms with Crippen molar-refractivity contribution < 1.29 is 0 Å². The highest BCUT2D eigenvalue weighted by molar-refractivity contribution is 7.13. The van der Waals surface area contributed by atoms with Crippen LogP contribution < -0.4 is 5.73 Å². The van der Waals surface area contributed by atoms with Gasteiger partial charge in [-0.3, -0.25) is 9.55 Å². The standard InChI is InChI=1S/C23H19ClN4S/c24-18-11-15(3-1-9-25)5-8-21(18)28-14-27-20-13-26-19-7-6-16(12-17(19)23(20)28)22-4-2-10-29-22/h2,4-8,10-14H,1,3,9,25H2. The molecule has 0 aliphatic heterocycles. The Morgan fingerprint density at radius 3 is 2.76 bits per heavy atom. The largest absolute Gasteiger partial charge is 0.330 e. The number of fused-ring (bicyclic) bond motifs is 3. The minimum absolute atomic E-state index is 0.678. The summed E-state index contributed by atoms with van der Waals surface area (Å²) in [5, 5.41) is 3.86. The monoisotopic (exact) mass is 418 g/mol. The maximum Gasteiger partial charge on any atom is 0.108 e. The molecule has 4 nitrogen and oxygen atoms in total. The van der Waals surface area contributed by atoms with Crippen LogP contribution in [-0.2, 0) is 6.42 Å². The number of aromatic nitrogens is 3. The first-order chi connectivity index (χ1) is 14.2. The van der Waals surface area contributed by atoms with Crippen LogP contribution in [0.3, 0.4) is 0 Å². The second-order valence-corrected chi connectivity index (χ2v) is 8.35. The number of aryl methyl sites for hydroxylation is 1. The fourth-order valence-corrected chi connectivity index (χ4v) is 4.70. The first-order valence-electron chi connectivity index (χ1n) is 9.53. The average Bonchev–Trinajstić information content (AvgIpc) is 3.42. The molecule has 0 bridgehead atoms. The second-order valence-electron chi connectivity index (χ2n) is 6.99. The third-order valence-corrected chi connectivity index (χ3v) is 6.34. The van der Waals surface area contributed by atoms with E-state index in [1.807, 2.05) is 18.6 Å². The zero-order valence-electron chi connectivity index (χ0n) is 15.7. The molecule has 3 heterocycles. The highest BCUT2D eigenvalue weighted by Gasteiger charge is 2.13. The number of halogens is 1. The molecule has 0 atom stereocenters. The molecular formula is C23H19ClN4S. The summed E-state index contributed by atoms with van der Waals surface area (Å²) in [7, 11) is 0. The molecule has 0 saturated carbocycles. The number of pyridine rings is 1. The highest BCUT2D eigenvalue weighted by Crippen LogP contribution is 2.33. The number of imidazole rings is 1. The van der Waals surface area contributed by atoms with Gasteiger partial charge in [-0.2, -0.15) is 0 Å². The summed E-state index contributed by atoms with van der Waals surface area (Å²) < 4.78 is 2.06. The van der Waals surface area contributed by atoms with Crippen molar-refractivity contribution in [3.8, 4) is 16.1 Å². The minimum Gasteiger partial charge on any atom is -0.330 e. The van der Waals surface area contributed by atoms with Crippen LogP contribution in [0.5, 0.6) is 0 Å². The number of nitrogens with zero attached hydrogens (tertiary/aromatic N) is 3. The maximum atomic E-state index is 6.67. The van der Waals surface area contributed by atoms with Gasteiger partial charge in [-0.25, -0.2) is 4.98 Å². The lowest BCUT2D eigenvalue weighted by atomic mass is 10.1. The van der Waals surface area contributed by atoms with Crippen molar-refractivity contribution in [2.24, 2.45) is 5.73 Å². The Balaban J connectivity index is 1.69. The predicted octanol–water partition coefficient (Wildman–Crippen LogP) is 5.85. The Morgan fingerprint density at radius 2 is 1.97 bits per heavy atom. The second kappa shape index (κ2) is 7.59. The molecular weight excluding hydrogens is 400 g/mol. The Morgan fingerprint density at radius 1 is 1.03 bits per heavy atom. The van der Waals surface area contributed by atoms with Gasteiger partial charge in [0.25, 0.3) is 0 Å². The van der Waals surface area contributed by atoms with Gasteiger partial charge >= 0.3 is 0 Å². The number of hydrogen-bond acceptors (Lipinski definition) is 4. The molecule has 0 fully saturated rings. The maximum absolute atomic E-state index is 6.67. The molecule has 0 amide bonds. The van der Waals surface area contributed by atoms with Crippen molar-refractivity contribution in [2.45, 2.75) is 12.8 Å². The lowest BCUT2D eigenvalue weighted by molar-refractivity contribution is 0.832. The molecule has 0 unspecified atom stereocenters. The van der Waals surface area contributed by atoms with Crippen molar-refractivity contribution in [3.05, 3.63) is 77.0 Å². The molecule has 5 aromatic rings. The van der Waals surface area contributed by atoms with Crippen LogP contribution in [0.1, 0.15) is 12.0 Å². The fraction of sp³-hybridized carbons (Fsp3) is 0.130. The van der Waals surface area contributed by atoms with Crippen LogP contribution >= 0.6 is 22.9 Å². The lowest BCUT2D eigenvalue weighted by Gasteiger charge is -2.11. The number of thiophene rings is 1. The Kier molecular flexibility index (Phi) is 4.79. The minimum atomic E-state index is 0.678. The summed E-state index contributed by atoms with van der Waals surface area (Å²) in [6, 6.07) is 16.8. The fourth-order valence-electron chi connectivity index (χ4n) is 3.68. The summed E-state index contributed by atoms with van der Waals surface area (Å²) in [6.07, 6.45) is 5.52. The zero-order chi connectivity index (χ0) is 19.8. The van der Waals surface area contributed by atoms with E-state index in [2.05, 4.69) is 62.4 Å². The van der Waals surface area contributed by atoms with Gasteiger partial charge in [0.2, 0.25) is 0 Å². The first kappa shape index (κ1) is 18.3. The summed E-state index contributed by atoms with van der Waals surface area (Å²) in [5.41, 5.74) is 11.7. The van der Waals surface area contributed by atoms with Crippen molar-refractivity contribution in [1.29, 1.82) is 0 Å². The Labute approximate surface area is 177 Å². The first-order valence-corrected chi connectivity index (χ1v) is 10.8. The molecule has 0 saturated heterocycles. The predicted molar refractivity (Wildman–Crippen MR) is 122 cm³/mol. The Hall–Kier alpha value is -2.73. The van der Waals surface area contributed by atoms with Crippen LogP contribution in [0.2, 0.25) is 5.02 Å². The molecule has 29 heavy (non-hydrogen) atoms. The SMILES string of the molecule is NCCCc1ccc(-n2cnc3cnc4ccc(-c5cccs5)cc4c32)c(Cl)c1. The van der Waals surface area contributed by atoms with E-state index in [0.29, 0.717) is 11.6 Å². The summed E-state index contributed by atoms with van der Waals surface area (Å²) in [4.78, 5) is 10.4. The smallest absolute Gasteiger partial charge is 0.108 e. The number of nitrogens with two attached hydrogens (primary N) is 1. The van der Waals surface area contributed by atoms with E-state index in [1.165, 1.54) is 16.0 Å². The van der Waals surface area contributed by atoms with Gasteiger partial charge in [0.05, 0.1) is 27.9 Å². The van der Waals surface area contributed by atoms with Crippen LogP contribution in [0.4, 0.5) is 0 Å². The summed E-state index contributed by atoms with van der Waals surface area (Å²) in [5.74, 6) is 0. The molecule has 5 rings (SSSR count). The normalized spacial score (nSPS) is 11.5. The van der Waals surface area contributed by atoms with Crippen molar-refractivity contribution in [1.82, 2.24) is 14.5 Å².